The zero-order valence-corrected chi connectivity index (χ0v) is 11.4. The number of amides is 1. The maximum atomic E-state index is 12.5. The Morgan fingerprint density at radius 1 is 1.09 bits per heavy atom. The number of carbonyl (C=O) groups excluding carboxylic acids is 1. The standard InChI is InChI=1S/C16H12F3NO2/c17-16(18,19)11-5-7-12(8-6-11)20-15(21)14-9-10-3-1-2-4-13(10)22-14/h1-8,14H,9H2,(H,20,21). The number of rotatable bonds is 2. The fraction of sp³-hybridized carbons (Fsp3) is 0.188. The van der Waals surface area contributed by atoms with Crippen LogP contribution in [0.1, 0.15) is 11.1 Å². The molecule has 0 saturated heterocycles. The van der Waals surface area contributed by atoms with Crippen LogP contribution in [0.5, 0.6) is 5.75 Å². The fourth-order valence-electron chi connectivity index (χ4n) is 2.29. The van der Waals surface area contributed by atoms with Crippen LogP contribution in [0.3, 0.4) is 0 Å². The van der Waals surface area contributed by atoms with E-state index in [4.69, 9.17) is 4.74 Å². The van der Waals surface area contributed by atoms with Gasteiger partial charge in [-0.05, 0) is 35.9 Å². The van der Waals surface area contributed by atoms with Crippen molar-refractivity contribution in [1.29, 1.82) is 0 Å². The van der Waals surface area contributed by atoms with Crippen LogP contribution in [-0.2, 0) is 17.4 Å². The number of ether oxygens (including phenoxy) is 1. The predicted octanol–water partition coefficient (Wildman–Crippen LogP) is 3.65. The molecule has 1 amide bonds. The van der Waals surface area contributed by atoms with Gasteiger partial charge < -0.3 is 10.1 Å². The molecule has 0 spiro atoms. The van der Waals surface area contributed by atoms with Crippen molar-refractivity contribution in [2.24, 2.45) is 0 Å². The fourth-order valence-corrected chi connectivity index (χ4v) is 2.29. The van der Waals surface area contributed by atoms with Gasteiger partial charge in [0.15, 0.2) is 6.10 Å². The summed E-state index contributed by atoms with van der Waals surface area (Å²) in [5.74, 6) is 0.283. The molecule has 2 aromatic carbocycles. The van der Waals surface area contributed by atoms with Gasteiger partial charge in [-0.1, -0.05) is 18.2 Å². The lowest BCUT2D eigenvalue weighted by molar-refractivity contribution is -0.137. The molecule has 6 heteroatoms. The van der Waals surface area contributed by atoms with Crippen molar-refractivity contribution in [3.8, 4) is 5.75 Å². The van der Waals surface area contributed by atoms with E-state index in [0.29, 0.717) is 17.9 Å². The zero-order chi connectivity index (χ0) is 15.7. The number of benzene rings is 2. The van der Waals surface area contributed by atoms with Crippen LogP contribution in [0.4, 0.5) is 18.9 Å². The highest BCUT2D eigenvalue weighted by atomic mass is 19.4. The van der Waals surface area contributed by atoms with Gasteiger partial charge >= 0.3 is 6.18 Å². The number of alkyl halides is 3. The van der Waals surface area contributed by atoms with Crippen LogP contribution in [0.2, 0.25) is 0 Å². The van der Waals surface area contributed by atoms with Crippen molar-refractivity contribution < 1.29 is 22.7 Å². The van der Waals surface area contributed by atoms with Crippen molar-refractivity contribution >= 4 is 11.6 Å². The molecule has 114 valence electrons. The molecule has 3 nitrogen and oxygen atoms in total. The first-order valence-electron chi connectivity index (χ1n) is 6.66. The first-order chi connectivity index (χ1) is 10.4. The van der Waals surface area contributed by atoms with Gasteiger partial charge in [0.2, 0.25) is 0 Å². The summed E-state index contributed by atoms with van der Waals surface area (Å²) in [6.07, 6.45) is -4.61. The van der Waals surface area contributed by atoms with Crippen LogP contribution < -0.4 is 10.1 Å². The molecule has 0 radical (unpaired) electrons. The average Bonchev–Trinajstić information content (AvgIpc) is 2.91. The third-order valence-corrected chi connectivity index (χ3v) is 3.42. The number of hydrogen-bond donors (Lipinski definition) is 1. The Balaban J connectivity index is 1.66. The third kappa shape index (κ3) is 2.90. The van der Waals surface area contributed by atoms with E-state index in [2.05, 4.69) is 5.32 Å². The second kappa shape index (κ2) is 5.36. The lowest BCUT2D eigenvalue weighted by Gasteiger charge is -2.12. The van der Waals surface area contributed by atoms with Gasteiger partial charge in [0.05, 0.1) is 5.56 Å². The minimum Gasteiger partial charge on any atom is -0.480 e. The minimum atomic E-state index is -4.39. The van der Waals surface area contributed by atoms with E-state index in [1.807, 2.05) is 18.2 Å². The van der Waals surface area contributed by atoms with Gasteiger partial charge in [-0.25, -0.2) is 0 Å². The molecule has 1 unspecified atom stereocenters. The van der Waals surface area contributed by atoms with Crippen molar-refractivity contribution in [2.45, 2.75) is 18.7 Å². The quantitative estimate of drug-likeness (QED) is 0.920. The number of halogens is 3. The number of carbonyl (C=O) groups is 1. The second-order valence-corrected chi connectivity index (χ2v) is 4.98. The Bertz CT molecular complexity index is 670. The first kappa shape index (κ1) is 14.4. The largest absolute Gasteiger partial charge is 0.480 e. The molecule has 1 N–H and O–H groups in total. The molecular formula is C16H12F3NO2. The van der Waals surface area contributed by atoms with Crippen LogP contribution in [0.15, 0.2) is 48.5 Å². The van der Waals surface area contributed by atoms with Gasteiger partial charge in [0.1, 0.15) is 5.75 Å². The molecule has 1 aliphatic heterocycles. The molecule has 2 aromatic rings. The third-order valence-electron chi connectivity index (χ3n) is 3.42. The van der Waals surface area contributed by atoms with Gasteiger partial charge in [0, 0.05) is 12.1 Å². The van der Waals surface area contributed by atoms with Crippen molar-refractivity contribution in [3.63, 3.8) is 0 Å². The Hall–Kier alpha value is -2.50. The molecular weight excluding hydrogens is 295 g/mol. The summed E-state index contributed by atoms with van der Waals surface area (Å²) in [5.41, 5.74) is 0.489. The Labute approximate surface area is 124 Å². The number of hydrogen-bond acceptors (Lipinski definition) is 2. The van der Waals surface area contributed by atoms with Gasteiger partial charge in [-0.3, -0.25) is 4.79 Å². The smallest absolute Gasteiger partial charge is 0.416 e. The number of para-hydroxylation sites is 1. The van der Waals surface area contributed by atoms with E-state index in [1.54, 1.807) is 6.07 Å². The highest BCUT2D eigenvalue weighted by molar-refractivity contribution is 5.95. The summed E-state index contributed by atoms with van der Waals surface area (Å²) in [7, 11) is 0. The monoisotopic (exact) mass is 307 g/mol. The van der Waals surface area contributed by atoms with Crippen LogP contribution >= 0.6 is 0 Å². The highest BCUT2D eigenvalue weighted by Gasteiger charge is 2.31. The van der Waals surface area contributed by atoms with E-state index in [0.717, 1.165) is 17.7 Å². The number of fused-ring (bicyclic) bond motifs is 1. The van der Waals surface area contributed by atoms with Gasteiger partial charge in [-0.2, -0.15) is 13.2 Å². The maximum absolute atomic E-state index is 12.5. The van der Waals surface area contributed by atoms with Crippen molar-refractivity contribution in [3.05, 3.63) is 59.7 Å². The molecule has 22 heavy (non-hydrogen) atoms. The molecule has 0 aliphatic carbocycles. The molecule has 3 rings (SSSR count). The van der Waals surface area contributed by atoms with Crippen molar-refractivity contribution in [2.75, 3.05) is 5.32 Å². The summed E-state index contributed by atoms with van der Waals surface area (Å²) in [6.45, 7) is 0. The SMILES string of the molecule is O=C(Nc1ccc(C(F)(F)F)cc1)C1Cc2ccccc2O1. The van der Waals surface area contributed by atoms with E-state index >= 15 is 0 Å². The Kier molecular flexibility index (Phi) is 3.52. The Morgan fingerprint density at radius 3 is 2.41 bits per heavy atom. The molecule has 0 bridgehead atoms. The van der Waals surface area contributed by atoms with Crippen molar-refractivity contribution in [1.82, 2.24) is 0 Å². The normalized spacial score (nSPS) is 16.8. The highest BCUT2D eigenvalue weighted by Crippen LogP contribution is 2.31. The summed E-state index contributed by atoms with van der Waals surface area (Å²) >= 11 is 0. The number of anilines is 1. The molecule has 1 atom stereocenters. The maximum Gasteiger partial charge on any atom is 0.416 e. The Morgan fingerprint density at radius 2 is 1.77 bits per heavy atom. The van der Waals surface area contributed by atoms with E-state index in [-0.39, 0.29) is 5.91 Å². The summed E-state index contributed by atoms with van der Waals surface area (Å²) in [5, 5.41) is 2.57. The molecule has 1 heterocycles. The first-order valence-corrected chi connectivity index (χ1v) is 6.66. The van der Waals surface area contributed by atoms with Gasteiger partial charge in [0.25, 0.3) is 5.91 Å². The zero-order valence-electron chi connectivity index (χ0n) is 11.4. The molecule has 0 fully saturated rings. The van der Waals surface area contributed by atoms with Crippen LogP contribution in [0, 0.1) is 0 Å². The summed E-state index contributed by atoms with van der Waals surface area (Å²) < 4.78 is 42.9. The van der Waals surface area contributed by atoms with E-state index in [1.165, 1.54) is 12.1 Å². The summed E-state index contributed by atoms with van der Waals surface area (Å²) in [6, 6.07) is 11.6. The average molecular weight is 307 g/mol. The molecule has 0 saturated carbocycles. The molecule has 1 aliphatic rings. The lowest BCUT2D eigenvalue weighted by Crippen LogP contribution is -2.31. The van der Waals surface area contributed by atoms with E-state index < -0.39 is 17.8 Å². The lowest BCUT2D eigenvalue weighted by atomic mass is 10.1. The van der Waals surface area contributed by atoms with Gasteiger partial charge in [-0.15, -0.1) is 0 Å². The minimum absolute atomic E-state index is 0.303. The number of nitrogens with one attached hydrogen (secondary N) is 1. The topological polar surface area (TPSA) is 38.3 Å². The van der Waals surface area contributed by atoms with E-state index in [9.17, 15) is 18.0 Å². The molecule has 0 aromatic heterocycles. The van der Waals surface area contributed by atoms with Crippen LogP contribution in [0.25, 0.3) is 0 Å². The summed E-state index contributed by atoms with van der Waals surface area (Å²) in [4.78, 5) is 12.1. The second-order valence-electron chi connectivity index (χ2n) is 4.98. The predicted molar refractivity (Wildman–Crippen MR) is 74.6 cm³/mol. The van der Waals surface area contributed by atoms with Crippen LogP contribution in [-0.4, -0.2) is 12.0 Å².